The van der Waals surface area contributed by atoms with E-state index in [0.717, 1.165) is 29.1 Å². The summed E-state index contributed by atoms with van der Waals surface area (Å²) in [6, 6.07) is 9.02. The Kier molecular flexibility index (Phi) is 7.52. The molecule has 5 rings (SSSR count). The summed E-state index contributed by atoms with van der Waals surface area (Å²) in [6.07, 6.45) is 0.487. The average Bonchev–Trinajstić information content (AvgIpc) is 3.36. The molecule has 1 saturated carbocycles. The van der Waals surface area contributed by atoms with E-state index in [0.29, 0.717) is 44.0 Å². The molecular formula is C26H29F4N5S. The van der Waals surface area contributed by atoms with Crippen LogP contribution in [-0.2, 0) is 19.3 Å². The molecule has 0 bridgehead atoms. The number of halogens is 4. The Morgan fingerprint density at radius 2 is 1.92 bits per heavy atom. The molecule has 0 spiro atoms. The summed E-state index contributed by atoms with van der Waals surface area (Å²) in [5, 5.41) is 12.4. The highest BCUT2D eigenvalue weighted by atomic mass is 32.1. The third kappa shape index (κ3) is 5.86. The summed E-state index contributed by atoms with van der Waals surface area (Å²) in [4.78, 5) is 6.17. The van der Waals surface area contributed by atoms with Crippen molar-refractivity contribution in [3.05, 3.63) is 69.4 Å². The molecule has 1 saturated heterocycles. The molecular weight excluding hydrogens is 490 g/mol. The molecule has 3 heterocycles. The number of alkyl halides is 4. The lowest BCUT2D eigenvalue weighted by molar-refractivity contribution is -0.138. The number of benzene rings is 1. The molecule has 10 heteroatoms. The molecule has 36 heavy (non-hydrogen) atoms. The second-order valence-electron chi connectivity index (χ2n) is 9.71. The lowest BCUT2D eigenvalue weighted by Crippen LogP contribution is -2.34. The second-order valence-corrected chi connectivity index (χ2v) is 10.6. The smallest absolute Gasteiger partial charge is 0.379 e. The van der Waals surface area contributed by atoms with Gasteiger partial charge in [-0.3, -0.25) is 9.88 Å². The predicted octanol–water partition coefficient (Wildman–Crippen LogP) is 6.43. The van der Waals surface area contributed by atoms with Crippen LogP contribution in [0.4, 0.5) is 23.2 Å². The maximum Gasteiger partial charge on any atom is 0.418 e. The van der Waals surface area contributed by atoms with Crippen LogP contribution < -0.4 is 5.32 Å². The van der Waals surface area contributed by atoms with Gasteiger partial charge in [-0.15, -0.1) is 21.5 Å². The number of likely N-dealkylation sites (tertiary alicyclic amines) is 1. The number of hydrogen-bond acceptors (Lipinski definition) is 6. The van der Waals surface area contributed by atoms with Gasteiger partial charge in [0.1, 0.15) is 16.7 Å². The van der Waals surface area contributed by atoms with Crippen molar-refractivity contribution < 1.29 is 17.6 Å². The Morgan fingerprint density at radius 3 is 2.58 bits per heavy atom. The zero-order valence-electron chi connectivity index (χ0n) is 19.8. The minimum Gasteiger partial charge on any atom is -0.379 e. The van der Waals surface area contributed by atoms with Crippen LogP contribution in [0, 0.1) is 5.92 Å². The number of pyridine rings is 1. The third-order valence-corrected chi connectivity index (χ3v) is 8.00. The molecule has 1 aliphatic heterocycles. The van der Waals surface area contributed by atoms with Crippen molar-refractivity contribution >= 4 is 17.0 Å². The fourth-order valence-electron chi connectivity index (χ4n) is 5.06. The molecule has 1 atom stereocenters. The summed E-state index contributed by atoms with van der Waals surface area (Å²) in [6.45, 7) is 1.38. The Hall–Kier alpha value is -2.59. The number of nitrogens with zero attached hydrogens (tertiary/aromatic N) is 4. The maximum atomic E-state index is 13.9. The number of anilines is 1. The zero-order valence-corrected chi connectivity index (χ0v) is 20.7. The van der Waals surface area contributed by atoms with Gasteiger partial charge in [-0.05, 0) is 60.9 Å². The molecule has 0 radical (unpaired) electrons. The fraction of sp³-hybridized carbons (Fsp3) is 0.500. The van der Waals surface area contributed by atoms with E-state index < -0.39 is 17.9 Å². The Labute approximate surface area is 212 Å². The summed E-state index contributed by atoms with van der Waals surface area (Å²) in [7, 11) is 0. The highest BCUT2D eigenvalue weighted by Gasteiger charge is 2.35. The van der Waals surface area contributed by atoms with Gasteiger partial charge in [-0.2, -0.15) is 13.2 Å². The molecule has 5 nitrogen and oxygen atoms in total. The second kappa shape index (κ2) is 10.8. The first kappa shape index (κ1) is 25.1. The van der Waals surface area contributed by atoms with E-state index in [2.05, 4.69) is 26.6 Å². The minimum absolute atomic E-state index is 0.0428. The van der Waals surface area contributed by atoms with E-state index >= 15 is 0 Å². The van der Waals surface area contributed by atoms with Crippen LogP contribution in [0.3, 0.4) is 0 Å². The van der Waals surface area contributed by atoms with Crippen molar-refractivity contribution in [2.24, 2.45) is 5.92 Å². The van der Waals surface area contributed by atoms with E-state index in [1.165, 1.54) is 30.0 Å². The van der Waals surface area contributed by atoms with Gasteiger partial charge in [0.05, 0.1) is 17.8 Å². The van der Waals surface area contributed by atoms with Crippen LogP contribution in [0.2, 0.25) is 0 Å². The molecule has 2 aliphatic rings. The summed E-state index contributed by atoms with van der Waals surface area (Å²) in [5.74, 6) is 0.661. The molecule has 0 amide bonds. The van der Waals surface area contributed by atoms with Gasteiger partial charge in [-0.1, -0.05) is 18.6 Å². The van der Waals surface area contributed by atoms with Gasteiger partial charge >= 0.3 is 6.18 Å². The lowest BCUT2D eigenvalue weighted by atomic mass is 9.73. The molecule has 0 unspecified atom stereocenters. The highest BCUT2D eigenvalue weighted by molar-refractivity contribution is 7.09. The van der Waals surface area contributed by atoms with Crippen LogP contribution in [0.15, 0.2) is 42.0 Å². The summed E-state index contributed by atoms with van der Waals surface area (Å²) < 4.78 is 55.1. The first-order valence-electron chi connectivity index (χ1n) is 12.4. The van der Waals surface area contributed by atoms with Crippen LogP contribution in [-0.4, -0.2) is 39.3 Å². The van der Waals surface area contributed by atoms with E-state index in [1.807, 2.05) is 23.1 Å². The number of rotatable bonds is 8. The van der Waals surface area contributed by atoms with Crippen molar-refractivity contribution in [3.63, 3.8) is 0 Å². The number of aromatic nitrogens is 3. The van der Waals surface area contributed by atoms with Crippen molar-refractivity contribution in [3.8, 4) is 0 Å². The Balaban J connectivity index is 1.31. The van der Waals surface area contributed by atoms with E-state index in [9.17, 15) is 17.6 Å². The molecule has 3 aromatic rings. The zero-order chi connectivity index (χ0) is 25.1. The lowest BCUT2D eigenvalue weighted by Gasteiger charge is -2.32. The van der Waals surface area contributed by atoms with Crippen molar-refractivity contribution in [1.82, 2.24) is 20.1 Å². The van der Waals surface area contributed by atoms with Crippen LogP contribution >= 0.6 is 11.3 Å². The normalized spacial score (nSPS) is 18.7. The van der Waals surface area contributed by atoms with Crippen molar-refractivity contribution in [1.29, 1.82) is 0 Å². The first-order chi connectivity index (χ1) is 17.4. The van der Waals surface area contributed by atoms with Crippen LogP contribution in [0.5, 0.6) is 0 Å². The van der Waals surface area contributed by atoms with Gasteiger partial charge in [0, 0.05) is 37.4 Å². The first-order valence-corrected chi connectivity index (χ1v) is 13.3. The molecule has 192 valence electrons. The van der Waals surface area contributed by atoms with E-state index in [-0.39, 0.29) is 18.2 Å². The molecule has 2 fully saturated rings. The van der Waals surface area contributed by atoms with Crippen molar-refractivity contribution in [2.75, 3.05) is 18.4 Å². The van der Waals surface area contributed by atoms with E-state index in [4.69, 9.17) is 0 Å². The number of piperidine rings is 1. The van der Waals surface area contributed by atoms with Crippen LogP contribution in [0.25, 0.3) is 0 Å². The van der Waals surface area contributed by atoms with Gasteiger partial charge < -0.3 is 5.32 Å². The molecule has 2 aromatic heterocycles. The largest absolute Gasteiger partial charge is 0.418 e. The molecule has 1 aromatic carbocycles. The topological polar surface area (TPSA) is 53.9 Å². The monoisotopic (exact) mass is 519 g/mol. The van der Waals surface area contributed by atoms with E-state index in [1.54, 1.807) is 5.51 Å². The maximum absolute atomic E-state index is 13.9. The SMILES string of the molecule is FC1CCN(Cc2cnc(CNc3cccc([C@H](c4nncs4)C4CCC4)c3)c(C(F)(F)F)c2)CC1. The minimum atomic E-state index is -4.51. The van der Waals surface area contributed by atoms with Gasteiger partial charge in [0.2, 0.25) is 0 Å². The highest BCUT2D eigenvalue weighted by Crippen LogP contribution is 2.44. The number of nitrogens with one attached hydrogen (secondary N) is 1. The summed E-state index contributed by atoms with van der Waals surface area (Å²) in [5.41, 5.74) is 3.29. The molecule has 1 N–H and O–H groups in total. The van der Waals surface area contributed by atoms with Crippen LogP contribution in [0.1, 0.15) is 65.4 Å². The standard InChI is InChI=1S/C26H29F4N5S/c27-20-7-9-35(10-8-20)15-17-11-22(26(28,29)30)23(32-13-17)14-31-21-6-2-5-19(12-21)24(18-3-1-4-18)25-34-33-16-36-25/h2,5-6,11-13,16,18,20,24,31H,1,3-4,7-10,14-15H2/t24-/m1/s1. The Morgan fingerprint density at radius 1 is 1.11 bits per heavy atom. The molecule has 1 aliphatic carbocycles. The van der Waals surface area contributed by atoms with Crippen molar-refractivity contribution in [2.45, 2.75) is 63.5 Å². The van der Waals surface area contributed by atoms with Gasteiger partial charge in [0.25, 0.3) is 0 Å². The van der Waals surface area contributed by atoms with Gasteiger partial charge in [-0.25, -0.2) is 4.39 Å². The predicted molar refractivity (Wildman–Crippen MR) is 132 cm³/mol. The summed E-state index contributed by atoms with van der Waals surface area (Å²) >= 11 is 1.54. The Bertz CT molecular complexity index is 1140. The fourth-order valence-corrected chi connectivity index (χ4v) is 5.83. The average molecular weight is 520 g/mol. The quantitative estimate of drug-likeness (QED) is 0.348. The van der Waals surface area contributed by atoms with Gasteiger partial charge in [0.15, 0.2) is 0 Å². The number of hydrogen-bond donors (Lipinski definition) is 1. The third-order valence-electron chi connectivity index (χ3n) is 7.23.